The van der Waals surface area contributed by atoms with Gasteiger partial charge in [-0.25, -0.2) is 0 Å². The first-order valence-electron chi connectivity index (χ1n) is 9.54. The number of amides is 1. The molecule has 0 bridgehead atoms. The summed E-state index contributed by atoms with van der Waals surface area (Å²) in [4.78, 5) is 21.3. The van der Waals surface area contributed by atoms with Crippen molar-refractivity contribution < 1.29 is 4.79 Å². The van der Waals surface area contributed by atoms with Gasteiger partial charge in [-0.3, -0.25) is 9.78 Å². The molecule has 0 aliphatic carbocycles. The lowest BCUT2D eigenvalue weighted by molar-refractivity contribution is 0.0746. The van der Waals surface area contributed by atoms with E-state index in [1.165, 1.54) is 5.69 Å². The van der Waals surface area contributed by atoms with Crippen LogP contribution < -0.4 is 10.2 Å². The highest BCUT2D eigenvalue weighted by molar-refractivity contribution is 5.95. The third-order valence-electron chi connectivity index (χ3n) is 4.95. The Balaban J connectivity index is 1.42. The van der Waals surface area contributed by atoms with Gasteiger partial charge < -0.3 is 15.1 Å². The molecule has 1 aromatic heterocycles. The van der Waals surface area contributed by atoms with Crippen molar-refractivity contribution in [3.63, 3.8) is 0 Å². The van der Waals surface area contributed by atoms with E-state index in [-0.39, 0.29) is 5.91 Å². The number of carbonyl (C=O) groups excluding carboxylic acids is 1. The van der Waals surface area contributed by atoms with E-state index >= 15 is 0 Å². The monoisotopic (exact) mass is 383 g/mol. The number of anilines is 3. The molecule has 1 aliphatic rings. The summed E-state index contributed by atoms with van der Waals surface area (Å²) in [6.07, 6.45) is 3.27. The molecular weight excluding hydrogens is 362 g/mol. The number of hydrogen-bond acceptors (Lipinski definition) is 5. The highest BCUT2D eigenvalue weighted by Crippen LogP contribution is 2.20. The molecule has 0 spiro atoms. The number of hydrogen-bond donors (Lipinski definition) is 1. The van der Waals surface area contributed by atoms with E-state index in [0.717, 1.165) is 18.8 Å². The Morgan fingerprint density at radius 3 is 2.48 bits per heavy atom. The van der Waals surface area contributed by atoms with Crippen LogP contribution in [0.15, 0.2) is 73.1 Å². The molecule has 144 valence electrons. The Labute approximate surface area is 170 Å². The molecule has 1 saturated heterocycles. The summed E-state index contributed by atoms with van der Waals surface area (Å²) in [5.74, 6) is -0.0142. The number of piperazine rings is 1. The van der Waals surface area contributed by atoms with E-state index in [0.29, 0.717) is 29.9 Å². The standard InChI is InChI=1S/C23H21N5O/c24-15-18-5-4-6-20(13-18)26-21-14-19(16-25-17-21)23(29)28-11-9-27(10-12-28)22-7-2-1-3-8-22/h1-8,13-14,16-17,26H,9-12H2. The minimum Gasteiger partial charge on any atom is -0.368 e. The number of nitrogens with one attached hydrogen (secondary N) is 1. The molecule has 3 aromatic rings. The van der Waals surface area contributed by atoms with Crippen molar-refractivity contribution in [3.8, 4) is 6.07 Å². The second kappa shape index (κ2) is 8.44. The van der Waals surface area contributed by atoms with Crippen molar-refractivity contribution >= 4 is 23.0 Å². The summed E-state index contributed by atoms with van der Waals surface area (Å²) in [5.41, 5.74) is 3.82. The van der Waals surface area contributed by atoms with Crippen molar-refractivity contribution in [2.45, 2.75) is 0 Å². The molecule has 4 rings (SSSR count). The number of nitrogens with zero attached hydrogens (tertiary/aromatic N) is 4. The molecule has 6 nitrogen and oxygen atoms in total. The second-order valence-corrected chi connectivity index (χ2v) is 6.89. The van der Waals surface area contributed by atoms with Gasteiger partial charge in [-0.2, -0.15) is 5.26 Å². The maximum atomic E-state index is 12.9. The van der Waals surface area contributed by atoms with Crippen LogP contribution in [0.4, 0.5) is 17.1 Å². The fraction of sp³-hybridized carbons (Fsp3) is 0.174. The molecule has 2 aromatic carbocycles. The smallest absolute Gasteiger partial charge is 0.255 e. The third kappa shape index (κ3) is 4.36. The van der Waals surface area contributed by atoms with E-state index < -0.39 is 0 Å². The lowest BCUT2D eigenvalue weighted by atomic mass is 10.2. The molecule has 1 amide bonds. The highest BCUT2D eigenvalue weighted by Gasteiger charge is 2.22. The van der Waals surface area contributed by atoms with Crippen LogP contribution >= 0.6 is 0 Å². The van der Waals surface area contributed by atoms with E-state index in [9.17, 15) is 4.79 Å². The van der Waals surface area contributed by atoms with Crippen LogP contribution in [0.2, 0.25) is 0 Å². The number of benzene rings is 2. The third-order valence-corrected chi connectivity index (χ3v) is 4.95. The van der Waals surface area contributed by atoms with Crippen molar-refractivity contribution in [3.05, 3.63) is 84.2 Å². The van der Waals surface area contributed by atoms with Crippen molar-refractivity contribution in [1.29, 1.82) is 5.26 Å². The minimum atomic E-state index is -0.0142. The quantitative estimate of drug-likeness (QED) is 0.744. The van der Waals surface area contributed by atoms with E-state index in [2.05, 4.69) is 33.4 Å². The average Bonchev–Trinajstić information content (AvgIpc) is 2.79. The van der Waals surface area contributed by atoms with Gasteiger partial charge in [-0.1, -0.05) is 24.3 Å². The summed E-state index contributed by atoms with van der Waals surface area (Å²) in [5, 5.41) is 12.2. The normalized spacial score (nSPS) is 13.6. The van der Waals surface area contributed by atoms with Crippen LogP contribution in [0.1, 0.15) is 15.9 Å². The number of rotatable bonds is 4. The van der Waals surface area contributed by atoms with Gasteiger partial charge >= 0.3 is 0 Å². The van der Waals surface area contributed by atoms with Gasteiger partial charge in [0.05, 0.1) is 29.1 Å². The number of pyridine rings is 1. The molecule has 1 N–H and O–H groups in total. The highest BCUT2D eigenvalue weighted by atomic mass is 16.2. The van der Waals surface area contributed by atoms with Crippen molar-refractivity contribution in [2.24, 2.45) is 0 Å². The van der Waals surface area contributed by atoms with E-state index in [1.807, 2.05) is 35.2 Å². The maximum Gasteiger partial charge on any atom is 0.255 e. The first-order valence-corrected chi connectivity index (χ1v) is 9.54. The predicted octanol–water partition coefficient (Wildman–Crippen LogP) is 3.66. The molecule has 1 aliphatic heterocycles. The Morgan fingerprint density at radius 1 is 0.931 bits per heavy atom. The van der Waals surface area contributed by atoms with Gasteiger partial charge in [0.1, 0.15) is 0 Å². The molecule has 0 saturated carbocycles. The van der Waals surface area contributed by atoms with Crippen LogP contribution in [-0.2, 0) is 0 Å². The Kier molecular flexibility index (Phi) is 5.39. The SMILES string of the molecule is N#Cc1cccc(Nc2cncc(C(=O)N3CCN(c4ccccc4)CC3)c2)c1. The van der Waals surface area contributed by atoms with E-state index in [4.69, 9.17) is 5.26 Å². The van der Waals surface area contributed by atoms with Gasteiger partial charge in [-0.15, -0.1) is 0 Å². The van der Waals surface area contributed by atoms with Crippen LogP contribution in [-0.4, -0.2) is 42.0 Å². The van der Waals surface area contributed by atoms with Gasteiger partial charge in [-0.05, 0) is 36.4 Å². The van der Waals surface area contributed by atoms with Crippen LogP contribution in [0.25, 0.3) is 0 Å². The van der Waals surface area contributed by atoms with Crippen molar-refractivity contribution in [2.75, 3.05) is 36.4 Å². The first-order chi connectivity index (χ1) is 14.2. The minimum absolute atomic E-state index is 0.0142. The molecule has 0 atom stereocenters. The summed E-state index contributed by atoms with van der Waals surface area (Å²) in [6.45, 7) is 2.97. The van der Waals surface area contributed by atoms with Crippen LogP contribution in [0.5, 0.6) is 0 Å². The zero-order chi connectivity index (χ0) is 20.1. The molecule has 1 fully saturated rings. The Morgan fingerprint density at radius 2 is 1.72 bits per heavy atom. The molecule has 0 radical (unpaired) electrons. The van der Waals surface area contributed by atoms with Gasteiger partial charge in [0, 0.05) is 43.8 Å². The fourth-order valence-electron chi connectivity index (χ4n) is 3.45. The molecule has 29 heavy (non-hydrogen) atoms. The Bertz CT molecular complexity index is 1040. The van der Waals surface area contributed by atoms with Gasteiger partial charge in [0.15, 0.2) is 0 Å². The number of nitriles is 1. The van der Waals surface area contributed by atoms with Crippen LogP contribution in [0, 0.1) is 11.3 Å². The van der Waals surface area contributed by atoms with Gasteiger partial charge in [0.2, 0.25) is 0 Å². The zero-order valence-electron chi connectivity index (χ0n) is 16.0. The summed E-state index contributed by atoms with van der Waals surface area (Å²) in [6, 6.07) is 21.4. The molecule has 0 unspecified atom stereocenters. The summed E-state index contributed by atoms with van der Waals surface area (Å²) < 4.78 is 0. The lowest BCUT2D eigenvalue weighted by Crippen LogP contribution is -2.48. The first kappa shape index (κ1) is 18.5. The largest absolute Gasteiger partial charge is 0.368 e. The maximum absolute atomic E-state index is 12.9. The number of para-hydroxylation sites is 1. The summed E-state index contributed by atoms with van der Waals surface area (Å²) >= 11 is 0. The number of aromatic nitrogens is 1. The lowest BCUT2D eigenvalue weighted by Gasteiger charge is -2.36. The van der Waals surface area contributed by atoms with Gasteiger partial charge in [0.25, 0.3) is 5.91 Å². The average molecular weight is 383 g/mol. The molecule has 6 heteroatoms. The summed E-state index contributed by atoms with van der Waals surface area (Å²) in [7, 11) is 0. The molecule has 2 heterocycles. The number of carbonyl (C=O) groups is 1. The van der Waals surface area contributed by atoms with E-state index in [1.54, 1.807) is 30.6 Å². The predicted molar refractivity (Wildman–Crippen MR) is 113 cm³/mol. The zero-order valence-corrected chi connectivity index (χ0v) is 16.0. The topological polar surface area (TPSA) is 72.3 Å². The Hall–Kier alpha value is -3.85. The fourth-order valence-corrected chi connectivity index (χ4v) is 3.45. The van der Waals surface area contributed by atoms with Crippen LogP contribution in [0.3, 0.4) is 0 Å². The molecular formula is C23H21N5O. The second-order valence-electron chi connectivity index (χ2n) is 6.89. The van der Waals surface area contributed by atoms with Crippen molar-refractivity contribution in [1.82, 2.24) is 9.88 Å².